The average molecular weight is 246 g/mol. The molecule has 0 saturated carbocycles. The van der Waals surface area contributed by atoms with Gasteiger partial charge in [-0.2, -0.15) is 5.10 Å². The second kappa shape index (κ2) is 3.81. The van der Waals surface area contributed by atoms with E-state index < -0.39 is 0 Å². The third-order valence-electron chi connectivity index (χ3n) is 3.24. The Morgan fingerprint density at radius 2 is 2.29 bits per heavy atom. The predicted molar refractivity (Wildman–Crippen MR) is 68.7 cm³/mol. The zero-order valence-corrected chi connectivity index (χ0v) is 10.8. The number of thiophene rings is 1. The quantitative estimate of drug-likeness (QED) is 0.786. The van der Waals surface area contributed by atoms with Crippen molar-refractivity contribution in [2.45, 2.75) is 33.1 Å². The van der Waals surface area contributed by atoms with Crippen LogP contribution in [0.4, 0.5) is 0 Å². The van der Waals surface area contributed by atoms with E-state index in [1.807, 2.05) is 11.3 Å². The number of fused-ring (bicyclic) bond motifs is 3. The van der Waals surface area contributed by atoms with E-state index in [9.17, 15) is 4.79 Å². The van der Waals surface area contributed by atoms with Gasteiger partial charge in [-0.25, -0.2) is 0 Å². The molecule has 0 aromatic carbocycles. The molecule has 2 aromatic rings. The van der Waals surface area contributed by atoms with E-state index in [0.717, 1.165) is 30.5 Å². The third-order valence-corrected chi connectivity index (χ3v) is 4.35. The summed E-state index contributed by atoms with van der Waals surface area (Å²) in [5, 5.41) is 7.25. The molecule has 88 valence electrons. The van der Waals surface area contributed by atoms with Crippen LogP contribution in [-0.2, 0) is 12.8 Å². The molecule has 3 nitrogen and oxygen atoms in total. The molecule has 0 atom stereocenters. The molecular formula is C13H14N2OS. The Hall–Kier alpha value is -1.42. The summed E-state index contributed by atoms with van der Waals surface area (Å²) in [6.45, 7) is 3.72. The molecule has 1 aliphatic rings. The van der Waals surface area contributed by atoms with Crippen molar-refractivity contribution < 1.29 is 4.79 Å². The number of hydrogen-bond acceptors (Lipinski definition) is 3. The fourth-order valence-electron chi connectivity index (χ4n) is 2.50. The second-order valence-electron chi connectivity index (χ2n) is 4.53. The van der Waals surface area contributed by atoms with Gasteiger partial charge in [0.25, 0.3) is 0 Å². The Bertz CT molecular complexity index is 595. The number of aryl methyl sites for hydroxylation is 2. The summed E-state index contributed by atoms with van der Waals surface area (Å²) >= 11 is 1.85. The van der Waals surface area contributed by atoms with Crippen LogP contribution in [0.15, 0.2) is 6.07 Å². The van der Waals surface area contributed by atoms with Crippen LogP contribution in [0.25, 0.3) is 11.3 Å². The van der Waals surface area contributed by atoms with Crippen molar-refractivity contribution >= 4 is 17.1 Å². The van der Waals surface area contributed by atoms with Crippen molar-refractivity contribution in [3.63, 3.8) is 0 Å². The Labute approximate surface area is 104 Å². The van der Waals surface area contributed by atoms with Crippen LogP contribution in [0.1, 0.15) is 39.2 Å². The van der Waals surface area contributed by atoms with Crippen molar-refractivity contribution in [2.75, 3.05) is 0 Å². The van der Waals surface area contributed by atoms with Crippen LogP contribution in [0.5, 0.6) is 0 Å². The molecule has 0 aliphatic heterocycles. The number of nitrogens with one attached hydrogen (secondary N) is 1. The number of carbonyl (C=O) groups is 1. The molecule has 2 heterocycles. The first-order valence-electron chi connectivity index (χ1n) is 5.84. The van der Waals surface area contributed by atoms with E-state index in [-0.39, 0.29) is 5.78 Å². The topological polar surface area (TPSA) is 45.8 Å². The van der Waals surface area contributed by atoms with E-state index in [0.29, 0.717) is 5.69 Å². The van der Waals surface area contributed by atoms with E-state index in [2.05, 4.69) is 23.2 Å². The fourth-order valence-corrected chi connectivity index (χ4v) is 3.57. The Balaban J connectivity index is 2.23. The number of carbonyl (C=O) groups excluding carboxylic acids is 1. The molecule has 17 heavy (non-hydrogen) atoms. The molecule has 0 unspecified atom stereocenters. The van der Waals surface area contributed by atoms with E-state index in [4.69, 9.17) is 0 Å². The Kier molecular flexibility index (Phi) is 2.40. The lowest BCUT2D eigenvalue weighted by molar-refractivity contribution is 0.101. The SMILES string of the molecule is CC(=O)c1[nH]nc2c1CCCc1sc(C)cc1-2. The standard InChI is InChI=1S/C13H14N2OS/c1-7-6-10-11(17-7)5-3-4-9-12(8(2)16)14-15-13(9)10/h6H,3-5H2,1-2H3,(H,14,15). The Morgan fingerprint density at radius 1 is 1.47 bits per heavy atom. The summed E-state index contributed by atoms with van der Waals surface area (Å²) in [4.78, 5) is 14.3. The summed E-state index contributed by atoms with van der Waals surface area (Å²) in [7, 11) is 0. The van der Waals surface area contributed by atoms with Crippen molar-refractivity contribution in [1.82, 2.24) is 10.2 Å². The molecule has 4 heteroatoms. The molecule has 0 amide bonds. The van der Waals surface area contributed by atoms with E-state index >= 15 is 0 Å². The number of Topliss-reactive ketones (excluding diaryl/α,β-unsaturated/α-hetero) is 1. The Morgan fingerprint density at radius 3 is 3.06 bits per heavy atom. The van der Waals surface area contributed by atoms with Gasteiger partial charge in [0, 0.05) is 27.8 Å². The minimum Gasteiger partial charge on any atom is -0.293 e. The van der Waals surface area contributed by atoms with Gasteiger partial charge in [0.2, 0.25) is 0 Å². The summed E-state index contributed by atoms with van der Waals surface area (Å²) in [6.07, 6.45) is 3.14. The predicted octanol–water partition coefficient (Wildman–Crippen LogP) is 3.14. The summed E-state index contributed by atoms with van der Waals surface area (Å²) in [5.74, 6) is 0.0779. The molecule has 1 aliphatic carbocycles. The highest BCUT2D eigenvalue weighted by Gasteiger charge is 2.23. The van der Waals surface area contributed by atoms with Gasteiger partial charge >= 0.3 is 0 Å². The van der Waals surface area contributed by atoms with E-state index in [1.54, 1.807) is 6.92 Å². The van der Waals surface area contributed by atoms with Gasteiger partial charge in [-0.1, -0.05) is 0 Å². The number of aromatic amines is 1. The van der Waals surface area contributed by atoms with Gasteiger partial charge in [-0.3, -0.25) is 9.89 Å². The van der Waals surface area contributed by atoms with Gasteiger partial charge < -0.3 is 0 Å². The summed E-state index contributed by atoms with van der Waals surface area (Å²) in [6, 6.07) is 2.19. The zero-order chi connectivity index (χ0) is 12.0. The molecule has 0 fully saturated rings. The van der Waals surface area contributed by atoms with Crippen molar-refractivity contribution in [1.29, 1.82) is 0 Å². The molecular weight excluding hydrogens is 232 g/mol. The highest BCUT2D eigenvalue weighted by Crippen LogP contribution is 2.37. The normalized spacial score (nSPS) is 14.0. The van der Waals surface area contributed by atoms with Crippen LogP contribution >= 0.6 is 11.3 Å². The zero-order valence-electron chi connectivity index (χ0n) is 9.96. The number of aromatic nitrogens is 2. The van der Waals surface area contributed by atoms with Crippen LogP contribution < -0.4 is 0 Å². The fraction of sp³-hybridized carbons (Fsp3) is 0.385. The molecule has 3 rings (SSSR count). The van der Waals surface area contributed by atoms with Crippen LogP contribution in [0, 0.1) is 6.92 Å². The molecule has 0 radical (unpaired) electrons. The van der Waals surface area contributed by atoms with E-state index in [1.165, 1.54) is 15.3 Å². The lowest BCUT2D eigenvalue weighted by atomic mass is 10.0. The number of hydrogen-bond donors (Lipinski definition) is 1. The maximum Gasteiger partial charge on any atom is 0.177 e. The van der Waals surface area contributed by atoms with Crippen molar-refractivity contribution in [3.8, 4) is 11.3 Å². The number of nitrogens with zero attached hydrogens (tertiary/aromatic N) is 1. The molecule has 2 aromatic heterocycles. The number of H-pyrrole nitrogens is 1. The maximum atomic E-state index is 11.5. The van der Waals surface area contributed by atoms with Crippen LogP contribution in [0.3, 0.4) is 0 Å². The smallest absolute Gasteiger partial charge is 0.177 e. The van der Waals surface area contributed by atoms with Gasteiger partial charge in [-0.05, 0) is 32.3 Å². The highest BCUT2D eigenvalue weighted by molar-refractivity contribution is 7.12. The second-order valence-corrected chi connectivity index (χ2v) is 5.87. The van der Waals surface area contributed by atoms with Gasteiger partial charge in [0.05, 0.1) is 5.69 Å². The average Bonchev–Trinajstić information content (AvgIpc) is 2.79. The first kappa shape index (κ1) is 10.7. The highest BCUT2D eigenvalue weighted by atomic mass is 32.1. The van der Waals surface area contributed by atoms with Crippen LogP contribution in [0.2, 0.25) is 0 Å². The van der Waals surface area contributed by atoms with Crippen molar-refractivity contribution in [3.05, 3.63) is 27.1 Å². The first-order chi connectivity index (χ1) is 8.16. The monoisotopic (exact) mass is 246 g/mol. The minimum absolute atomic E-state index is 0.0779. The van der Waals surface area contributed by atoms with Gasteiger partial charge in [-0.15, -0.1) is 11.3 Å². The summed E-state index contributed by atoms with van der Waals surface area (Å²) < 4.78 is 0. The number of ketones is 1. The minimum atomic E-state index is 0.0779. The maximum absolute atomic E-state index is 11.5. The lowest BCUT2D eigenvalue weighted by Crippen LogP contribution is -1.98. The van der Waals surface area contributed by atoms with Crippen molar-refractivity contribution in [2.24, 2.45) is 0 Å². The molecule has 0 bridgehead atoms. The molecule has 0 saturated heterocycles. The lowest BCUT2D eigenvalue weighted by Gasteiger charge is -1.98. The van der Waals surface area contributed by atoms with Crippen LogP contribution in [-0.4, -0.2) is 16.0 Å². The molecule has 1 N–H and O–H groups in total. The third kappa shape index (κ3) is 1.63. The summed E-state index contributed by atoms with van der Waals surface area (Å²) in [5.41, 5.74) is 4.02. The van der Waals surface area contributed by atoms with Gasteiger partial charge in [0.1, 0.15) is 5.69 Å². The first-order valence-corrected chi connectivity index (χ1v) is 6.66. The number of rotatable bonds is 1. The largest absolute Gasteiger partial charge is 0.293 e. The van der Waals surface area contributed by atoms with Gasteiger partial charge in [0.15, 0.2) is 5.78 Å². The molecule has 0 spiro atoms.